The van der Waals surface area contributed by atoms with Crippen LogP contribution in [0.1, 0.15) is 5.56 Å². The number of hydrogen-bond donors (Lipinski definition) is 1. The molecular weight excluding hydrogens is 238 g/mol. The number of nitrogens with one attached hydrogen (secondary N) is 1. The molecule has 4 nitrogen and oxygen atoms in total. The average molecular weight is 245 g/mol. The zero-order valence-corrected chi connectivity index (χ0v) is 9.41. The number of thioether (sulfide) groups is 1. The molecule has 1 saturated heterocycles. The molecule has 0 aromatic carbocycles. The van der Waals surface area contributed by atoms with Crippen LogP contribution in [0.3, 0.4) is 0 Å². The molecule has 2 aliphatic heterocycles. The Hall–Kier alpha value is -2.01. The van der Waals surface area contributed by atoms with E-state index in [1.165, 1.54) is 0 Å². The standard InChI is InChI=1S/C12H7NO3S/c14-11-10(17-12(15)13-11)5-8-2-1-7-3-4-16-6-9(7)8/h1-6H,(H,13,14,15). The molecule has 1 N–H and O–H groups in total. The second-order valence-corrected chi connectivity index (χ2v) is 4.58. The van der Waals surface area contributed by atoms with E-state index in [1.54, 1.807) is 18.6 Å². The van der Waals surface area contributed by atoms with Crippen LogP contribution in [-0.2, 0) is 4.79 Å². The highest BCUT2D eigenvalue weighted by Gasteiger charge is 2.25. The van der Waals surface area contributed by atoms with Crippen molar-refractivity contribution in [3.8, 4) is 11.1 Å². The first kappa shape index (κ1) is 10.2. The summed E-state index contributed by atoms with van der Waals surface area (Å²) in [6.07, 6.45) is 4.92. The van der Waals surface area contributed by atoms with E-state index in [1.807, 2.05) is 18.2 Å². The van der Waals surface area contributed by atoms with E-state index in [9.17, 15) is 9.59 Å². The van der Waals surface area contributed by atoms with Gasteiger partial charge in [0, 0.05) is 5.56 Å². The summed E-state index contributed by atoms with van der Waals surface area (Å²) in [5.41, 5.74) is 2.84. The Morgan fingerprint density at radius 1 is 1.24 bits per heavy atom. The van der Waals surface area contributed by atoms with Gasteiger partial charge in [-0.3, -0.25) is 14.9 Å². The first-order valence-electron chi connectivity index (χ1n) is 4.94. The number of hydrogen-bond acceptors (Lipinski definition) is 4. The molecule has 1 aliphatic carbocycles. The van der Waals surface area contributed by atoms with E-state index in [-0.39, 0.29) is 11.1 Å². The van der Waals surface area contributed by atoms with E-state index in [2.05, 4.69) is 5.32 Å². The largest absolute Gasteiger partial charge is 0.472 e. The summed E-state index contributed by atoms with van der Waals surface area (Å²) in [6, 6.07) is 5.69. The molecule has 3 rings (SSSR count). The van der Waals surface area contributed by atoms with Crippen molar-refractivity contribution in [1.29, 1.82) is 0 Å². The number of fused-ring (bicyclic) bond motifs is 1. The van der Waals surface area contributed by atoms with Crippen LogP contribution in [0.2, 0.25) is 0 Å². The minimum atomic E-state index is -0.345. The van der Waals surface area contributed by atoms with Crippen LogP contribution < -0.4 is 5.32 Å². The smallest absolute Gasteiger partial charge is 0.290 e. The first-order chi connectivity index (χ1) is 8.24. The van der Waals surface area contributed by atoms with Gasteiger partial charge < -0.3 is 4.42 Å². The van der Waals surface area contributed by atoms with E-state index in [0.717, 1.165) is 28.5 Å². The van der Waals surface area contributed by atoms with Gasteiger partial charge in [-0.15, -0.1) is 0 Å². The number of imide groups is 1. The van der Waals surface area contributed by atoms with E-state index < -0.39 is 0 Å². The van der Waals surface area contributed by atoms with Gasteiger partial charge in [-0.25, -0.2) is 0 Å². The number of carbonyl (C=O) groups excluding carboxylic acids is 2. The Bertz CT molecular complexity index is 614. The van der Waals surface area contributed by atoms with Crippen molar-refractivity contribution in [2.24, 2.45) is 0 Å². The van der Waals surface area contributed by atoms with Gasteiger partial charge >= 0.3 is 0 Å². The predicted octanol–water partition coefficient (Wildman–Crippen LogP) is 2.71. The minimum Gasteiger partial charge on any atom is -0.472 e. The highest BCUT2D eigenvalue weighted by molar-refractivity contribution is 8.18. The second kappa shape index (κ2) is 3.78. The van der Waals surface area contributed by atoms with Gasteiger partial charge in [0.05, 0.1) is 17.4 Å². The normalized spacial score (nSPS) is 18.0. The SMILES string of the molecule is O=C1NC(=O)C(=Cc2ccc3ccocc2-3)S1. The van der Waals surface area contributed by atoms with Crippen molar-refractivity contribution in [1.82, 2.24) is 5.32 Å². The lowest BCUT2D eigenvalue weighted by Gasteiger charge is -1.98. The van der Waals surface area contributed by atoms with E-state index in [4.69, 9.17) is 4.42 Å². The Labute approximate surface area is 101 Å². The van der Waals surface area contributed by atoms with E-state index in [0.29, 0.717) is 4.91 Å². The van der Waals surface area contributed by atoms with Gasteiger partial charge in [0.15, 0.2) is 0 Å². The topological polar surface area (TPSA) is 59.3 Å². The molecule has 0 spiro atoms. The summed E-state index contributed by atoms with van der Waals surface area (Å²) < 4.78 is 5.10. The number of rotatable bonds is 1. The molecule has 1 fully saturated rings. The molecule has 0 radical (unpaired) electrons. The lowest BCUT2D eigenvalue weighted by molar-refractivity contribution is -0.115. The molecule has 2 heterocycles. The number of amides is 2. The Balaban J connectivity index is 2.04. The third-order valence-corrected chi connectivity index (χ3v) is 3.32. The first-order valence-corrected chi connectivity index (χ1v) is 5.75. The van der Waals surface area contributed by atoms with Crippen molar-refractivity contribution in [3.63, 3.8) is 0 Å². The van der Waals surface area contributed by atoms with Crippen LogP contribution in [0.5, 0.6) is 0 Å². The summed E-state index contributed by atoms with van der Waals surface area (Å²) in [6.45, 7) is 0. The summed E-state index contributed by atoms with van der Waals surface area (Å²) in [5.74, 6) is -0.345. The van der Waals surface area contributed by atoms with E-state index >= 15 is 0 Å². The van der Waals surface area contributed by atoms with Crippen LogP contribution in [0.15, 0.2) is 40.0 Å². The van der Waals surface area contributed by atoms with Crippen molar-refractivity contribution >= 4 is 29.0 Å². The van der Waals surface area contributed by atoms with Gasteiger partial charge in [-0.05, 0) is 35.0 Å². The predicted molar refractivity (Wildman–Crippen MR) is 64.4 cm³/mol. The van der Waals surface area contributed by atoms with Crippen LogP contribution in [0.25, 0.3) is 17.2 Å². The van der Waals surface area contributed by atoms with Gasteiger partial charge in [0.2, 0.25) is 0 Å². The van der Waals surface area contributed by atoms with Crippen LogP contribution in [0, 0.1) is 0 Å². The molecule has 0 aromatic heterocycles. The fourth-order valence-corrected chi connectivity index (χ4v) is 2.39. The van der Waals surface area contributed by atoms with Crippen molar-refractivity contribution in [2.45, 2.75) is 0 Å². The lowest BCUT2D eigenvalue weighted by atomic mass is 10.1. The Morgan fingerprint density at radius 2 is 2.12 bits per heavy atom. The van der Waals surface area contributed by atoms with Crippen molar-refractivity contribution in [2.75, 3.05) is 0 Å². The Kier molecular flexibility index (Phi) is 2.26. The minimum absolute atomic E-state index is 0.332. The van der Waals surface area contributed by atoms with Crippen molar-refractivity contribution in [3.05, 3.63) is 41.2 Å². The molecular formula is C12H7NO3S. The fraction of sp³-hybridized carbons (Fsp3) is 0. The monoisotopic (exact) mass is 245 g/mol. The maximum absolute atomic E-state index is 11.4. The summed E-state index contributed by atoms with van der Waals surface area (Å²) in [7, 11) is 0. The van der Waals surface area contributed by atoms with Gasteiger partial charge in [0.1, 0.15) is 0 Å². The van der Waals surface area contributed by atoms with Crippen molar-refractivity contribution < 1.29 is 14.0 Å². The van der Waals surface area contributed by atoms with Crippen LogP contribution in [0.4, 0.5) is 4.79 Å². The average Bonchev–Trinajstić information content (AvgIpc) is 2.85. The maximum Gasteiger partial charge on any atom is 0.290 e. The fourth-order valence-electron chi connectivity index (χ4n) is 1.72. The Morgan fingerprint density at radius 3 is 2.88 bits per heavy atom. The van der Waals surface area contributed by atoms with Gasteiger partial charge in [-0.2, -0.15) is 0 Å². The molecule has 0 aromatic rings. The molecule has 0 bridgehead atoms. The third kappa shape index (κ3) is 1.74. The van der Waals surface area contributed by atoms with Gasteiger partial charge in [0.25, 0.3) is 11.1 Å². The lowest BCUT2D eigenvalue weighted by Crippen LogP contribution is -2.17. The zero-order valence-electron chi connectivity index (χ0n) is 8.60. The molecule has 5 heteroatoms. The number of carbonyl (C=O) groups is 2. The van der Waals surface area contributed by atoms with Crippen LogP contribution in [-0.4, -0.2) is 11.1 Å². The maximum atomic E-state index is 11.4. The third-order valence-electron chi connectivity index (χ3n) is 2.51. The quantitative estimate of drug-likeness (QED) is 0.785. The molecule has 2 amide bonds. The highest BCUT2D eigenvalue weighted by atomic mass is 32.2. The molecule has 0 saturated carbocycles. The zero-order chi connectivity index (χ0) is 11.8. The summed E-state index contributed by atoms with van der Waals surface area (Å²) in [4.78, 5) is 22.8. The molecule has 17 heavy (non-hydrogen) atoms. The second-order valence-electron chi connectivity index (χ2n) is 3.57. The molecule has 84 valence electrons. The van der Waals surface area contributed by atoms with Crippen LogP contribution >= 0.6 is 11.8 Å². The highest BCUT2D eigenvalue weighted by Crippen LogP contribution is 2.32. The summed E-state index contributed by atoms with van der Waals surface area (Å²) in [5, 5.41) is 1.89. The molecule has 0 unspecified atom stereocenters. The van der Waals surface area contributed by atoms with Gasteiger partial charge in [-0.1, -0.05) is 12.1 Å². The summed E-state index contributed by atoms with van der Waals surface area (Å²) >= 11 is 0.911. The molecule has 3 aliphatic rings. The molecule has 0 atom stereocenters.